The molecule has 0 aliphatic carbocycles. The van der Waals surface area contributed by atoms with Crippen LogP contribution in [0.4, 0.5) is 0 Å². The summed E-state index contributed by atoms with van der Waals surface area (Å²) in [5.74, 6) is 0.546. The fourth-order valence-corrected chi connectivity index (χ4v) is 3.53. The molecule has 0 saturated heterocycles. The number of hydrogen-bond donors (Lipinski definition) is 1. The van der Waals surface area contributed by atoms with Gasteiger partial charge in [0, 0.05) is 16.6 Å². The molecule has 1 atom stereocenters. The molecule has 8 heteroatoms. The van der Waals surface area contributed by atoms with Gasteiger partial charge in [0.15, 0.2) is 6.61 Å². The Morgan fingerprint density at radius 2 is 1.81 bits per heavy atom. The number of carbonyl (C=O) groups excluding carboxylic acids is 2. The third-order valence-electron chi connectivity index (χ3n) is 4.42. The van der Waals surface area contributed by atoms with Crippen molar-refractivity contribution >= 4 is 39.3 Å². The Kier molecular flexibility index (Phi) is 8.77. The normalized spacial score (nSPS) is 12.1. The van der Waals surface area contributed by atoms with E-state index in [1.54, 1.807) is 32.2 Å². The second kappa shape index (κ2) is 10.9. The van der Waals surface area contributed by atoms with E-state index in [9.17, 15) is 9.59 Å². The van der Waals surface area contributed by atoms with Crippen LogP contribution in [0.15, 0.2) is 46.9 Å². The average molecular weight is 512 g/mol. The van der Waals surface area contributed by atoms with Gasteiger partial charge in [-0.1, -0.05) is 39.7 Å². The maximum Gasteiger partial charge on any atom is 0.261 e. The van der Waals surface area contributed by atoms with E-state index in [1.807, 2.05) is 45.0 Å². The fourth-order valence-electron chi connectivity index (χ4n) is 2.80. The number of halogens is 2. The van der Waals surface area contributed by atoms with E-state index in [4.69, 9.17) is 21.1 Å². The molecule has 1 N–H and O–H groups in total. The standard InChI is InChI=1S/C23H28BrClN2O4/c1-15(22(29)26-23(2,3)4)27(13-16-6-9-18(30-5)10-7-16)21(28)14-31-20-11-8-17(24)12-19(20)25/h6-12,15H,13-14H2,1-5H3,(H,26,29)/t15-/m0/s1. The van der Waals surface area contributed by atoms with E-state index in [0.717, 1.165) is 10.0 Å². The number of benzene rings is 2. The Balaban J connectivity index is 2.19. The summed E-state index contributed by atoms with van der Waals surface area (Å²) in [5, 5.41) is 3.32. The number of amides is 2. The zero-order chi connectivity index (χ0) is 23.2. The maximum absolute atomic E-state index is 13.1. The number of methoxy groups -OCH3 is 1. The third-order valence-corrected chi connectivity index (χ3v) is 5.21. The van der Waals surface area contributed by atoms with Crippen LogP contribution in [0, 0.1) is 0 Å². The van der Waals surface area contributed by atoms with Gasteiger partial charge in [-0.15, -0.1) is 0 Å². The Hall–Kier alpha value is -2.25. The Morgan fingerprint density at radius 1 is 1.16 bits per heavy atom. The number of rotatable bonds is 8. The quantitative estimate of drug-likeness (QED) is 0.552. The summed E-state index contributed by atoms with van der Waals surface area (Å²) in [6.45, 7) is 7.39. The molecule has 0 spiro atoms. The topological polar surface area (TPSA) is 67.9 Å². The van der Waals surface area contributed by atoms with Crippen molar-refractivity contribution in [1.82, 2.24) is 10.2 Å². The molecule has 0 heterocycles. The van der Waals surface area contributed by atoms with Gasteiger partial charge in [-0.3, -0.25) is 9.59 Å². The van der Waals surface area contributed by atoms with Gasteiger partial charge in [0.05, 0.1) is 12.1 Å². The molecule has 0 aromatic heterocycles. The lowest BCUT2D eigenvalue weighted by atomic mass is 10.1. The number of nitrogens with zero attached hydrogens (tertiary/aromatic N) is 1. The summed E-state index contributed by atoms with van der Waals surface area (Å²) in [6, 6.07) is 11.8. The van der Waals surface area contributed by atoms with Crippen molar-refractivity contribution in [3.8, 4) is 11.5 Å². The van der Waals surface area contributed by atoms with E-state index >= 15 is 0 Å². The first-order valence-corrected chi connectivity index (χ1v) is 11.0. The minimum Gasteiger partial charge on any atom is -0.497 e. The second-order valence-electron chi connectivity index (χ2n) is 8.15. The summed E-state index contributed by atoms with van der Waals surface area (Å²) in [4.78, 5) is 27.3. The molecule has 2 amide bonds. The SMILES string of the molecule is COc1ccc(CN(C(=O)COc2ccc(Br)cc2Cl)[C@@H](C)C(=O)NC(C)(C)C)cc1. The van der Waals surface area contributed by atoms with Crippen LogP contribution in [0.1, 0.15) is 33.3 Å². The van der Waals surface area contributed by atoms with E-state index < -0.39 is 11.6 Å². The molecule has 0 saturated carbocycles. The summed E-state index contributed by atoms with van der Waals surface area (Å²) in [7, 11) is 1.59. The van der Waals surface area contributed by atoms with E-state index in [2.05, 4.69) is 21.2 Å². The molecular formula is C23H28BrClN2O4. The van der Waals surface area contributed by atoms with E-state index in [1.165, 1.54) is 4.90 Å². The number of ether oxygens (including phenoxy) is 2. The summed E-state index contributed by atoms with van der Waals surface area (Å²) in [5.41, 5.74) is 0.452. The lowest BCUT2D eigenvalue weighted by molar-refractivity contribution is -0.142. The van der Waals surface area contributed by atoms with Crippen LogP contribution in [0.25, 0.3) is 0 Å². The van der Waals surface area contributed by atoms with Crippen LogP contribution in [0.2, 0.25) is 5.02 Å². The van der Waals surface area contributed by atoms with Crippen molar-refractivity contribution in [2.24, 2.45) is 0 Å². The van der Waals surface area contributed by atoms with Crippen LogP contribution in [-0.4, -0.2) is 42.0 Å². The molecular weight excluding hydrogens is 484 g/mol. The highest BCUT2D eigenvalue weighted by Crippen LogP contribution is 2.28. The van der Waals surface area contributed by atoms with Crippen LogP contribution in [0.5, 0.6) is 11.5 Å². The van der Waals surface area contributed by atoms with Gasteiger partial charge in [0.2, 0.25) is 5.91 Å². The second-order valence-corrected chi connectivity index (χ2v) is 9.47. The summed E-state index contributed by atoms with van der Waals surface area (Å²) < 4.78 is 11.6. The fraction of sp³-hybridized carbons (Fsp3) is 0.391. The molecule has 2 aromatic carbocycles. The maximum atomic E-state index is 13.1. The smallest absolute Gasteiger partial charge is 0.261 e. The van der Waals surface area contributed by atoms with Crippen LogP contribution in [-0.2, 0) is 16.1 Å². The van der Waals surface area contributed by atoms with Gasteiger partial charge < -0.3 is 19.7 Å². The molecule has 2 aromatic rings. The predicted octanol–water partition coefficient (Wildman–Crippen LogP) is 4.82. The number of hydrogen-bond acceptors (Lipinski definition) is 4. The van der Waals surface area contributed by atoms with Crippen molar-refractivity contribution < 1.29 is 19.1 Å². The van der Waals surface area contributed by atoms with Crippen molar-refractivity contribution in [3.63, 3.8) is 0 Å². The van der Waals surface area contributed by atoms with Crippen LogP contribution >= 0.6 is 27.5 Å². The first-order chi connectivity index (χ1) is 14.5. The molecule has 0 fully saturated rings. The Bertz CT molecular complexity index is 913. The lowest BCUT2D eigenvalue weighted by Crippen LogP contribution is -2.53. The molecule has 168 valence electrons. The van der Waals surface area contributed by atoms with Gasteiger partial charge in [-0.25, -0.2) is 0 Å². The Morgan fingerprint density at radius 3 is 2.35 bits per heavy atom. The zero-order valence-electron chi connectivity index (χ0n) is 18.4. The highest BCUT2D eigenvalue weighted by molar-refractivity contribution is 9.10. The average Bonchev–Trinajstić information content (AvgIpc) is 2.69. The molecule has 0 bridgehead atoms. The minimum atomic E-state index is -0.696. The first kappa shape index (κ1) is 25.0. The van der Waals surface area contributed by atoms with Gasteiger partial charge in [-0.05, 0) is 63.6 Å². The summed E-state index contributed by atoms with van der Waals surface area (Å²) >= 11 is 9.52. The van der Waals surface area contributed by atoms with Crippen molar-refractivity contribution in [2.75, 3.05) is 13.7 Å². The van der Waals surface area contributed by atoms with Gasteiger partial charge in [0.25, 0.3) is 5.91 Å². The van der Waals surface area contributed by atoms with Gasteiger partial charge in [-0.2, -0.15) is 0 Å². The molecule has 6 nitrogen and oxygen atoms in total. The largest absolute Gasteiger partial charge is 0.497 e. The monoisotopic (exact) mass is 510 g/mol. The van der Waals surface area contributed by atoms with Gasteiger partial charge in [0.1, 0.15) is 17.5 Å². The van der Waals surface area contributed by atoms with E-state index in [-0.39, 0.29) is 25.0 Å². The number of carbonyl (C=O) groups is 2. The van der Waals surface area contributed by atoms with E-state index in [0.29, 0.717) is 16.5 Å². The highest BCUT2D eigenvalue weighted by atomic mass is 79.9. The van der Waals surface area contributed by atoms with Crippen LogP contribution in [0.3, 0.4) is 0 Å². The molecule has 0 aliphatic rings. The van der Waals surface area contributed by atoms with Crippen LogP contribution < -0.4 is 14.8 Å². The molecule has 0 aliphatic heterocycles. The Labute approximate surface area is 197 Å². The predicted molar refractivity (Wildman–Crippen MR) is 126 cm³/mol. The lowest BCUT2D eigenvalue weighted by Gasteiger charge is -2.31. The molecule has 0 unspecified atom stereocenters. The first-order valence-electron chi connectivity index (χ1n) is 9.82. The third kappa shape index (κ3) is 7.74. The van der Waals surface area contributed by atoms with Crippen molar-refractivity contribution in [3.05, 3.63) is 57.5 Å². The highest BCUT2D eigenvalue weighted by Gasteiger charge is 2.28. The van der Waals surface area contributed by atoms with Gasteiger partial charge >= 0.3 is 0 Å². The van der Waals surface area contributed by atoms with Crippen molar-refractivity contribution in [2.45, 2.75) is 45.8 Å². The minimum absolute atomic E-state index is 0.240. The number of nitrogens with one attached hydrogen (secondary N) is 1. The molecule has 0 radical (unpaired) electrons. The molecule has 2 rings (SSSR count). The molecule has 31 heavy (non-hydrogen) atoms. The van der Waals surface area contributed by atoms with Crippen molar-refractivity contribution in [1.29, 1.82) is 0 Å². The zero-order valence-corrected chi connectivity index (χ0v) is 20.7. The summed E-state index contributed by atoms with van der Waals surface area (Å²) in [6.07, 6.45) is 0.